The molecule has 31 heavy (non-hydrogen) atoms. The second-order valence-corrected chi connectivity index (χ2v) is 7.23. The van der Waals surface area contributed by atoms with E-state index in [1.807, 2.05) is 68.4 Å². The number of para-hydroxylation sites is 1. The summed E-state index contributed by atoms with van der Waals surface area (Å²) in [4.78, 5) is 21.7. The van der Waals surface area contributed by atoms with Crippen molar-refractivity contribution in [3.05, 3.63) is 90.0 Å². The second kappa shape index (κ2) is 7.49. The lowest BCUT2D eigenvalue weighted by Gasteiger charge is -2.09. The molecule has 0 radical (unpaired) electrons. The summed E-state index contributed by atoms with van der Waals surface area (Å²) in [5, 5.41) is 12.7. The maximum absolute atomic E-state index is 12.8. The SMILES string of the molecule is Cc1cccc(C(=O)Nc2cc(C)nn2-c2ncnc3c2cnn3-c2ccccc2)c1. The van der Waals surface area contributed by atoms with Gasteiger partial charge in [-0.2, -0.15) is 14.9 Å². The van der Waals surface area contributed by atoms with Crippen LogP contribution in [0.5, 0.6) is 0 Å². The lowest BCUT2D eigenvalue weighted by atomic mass is 10.1. The van der Waals surface area contributed by atoms with Crippen LogP contribution in [-0.2, 0) is 0 Å². The summed E-state index contributed by atoms with van der Waals surface area (Å²) in [6.07, 6.45) is 3.18. The highest BCUT2D eigenvalue weighted by atomic mass is 16.1. The van der Waals surface area contributed by atoms with E-state index in [1.54, 1.807) is 21.6 Å². The Morgan fingerprint density at radius 2 is 1.77 bits per heavy atom. The van der Waals surface area contributed by atoms with Gasteiger partial charge in [-0.1, -0.05) is 35.9 Å². The number of aryl methyl sites for hydroxylation is 2. The summed E-state index contributed by atoms with van der Waals surface area (Å²) in [5.41, 5.74) is 3.90. The minimum absolute atomic E-state index is 0.213. The molecule has 8 nitrogen and oxygen atoms in total. The quantitative estimate of drug-likeness (QED) is 0.487. The van der Waals surface area contributed by atoms with Gasteiger partial charge in [0, 0.05) is 11.6 Å². The fourth-order valence-corrected chi connectivity index (χ4v) is 3.48. The van der Waals surface area contributed by atoms with Gasteiger partial charge >= 0.3 is 0 Å². The molecule has 0 saturated heterocycles. The average molecular weight is 409 g/mol. The van der Waals surface area contributed by atoms with Crippen molar-refractivity contribution in [2.24, 2.45) is 0 Å². The molecule has 0 aliphatic rings. The van der Waals surface area contributed by atoms with Crippen LogP contribution in [0.15, 0.2) is 73.2 Å². The number of benzene rings is 2. The van der Waals surface area contributed by atoms with Crippen molar-refractivity contribution in [1.82, 2.24) is 29.5 Å². The summed E-state index contributed by atoms with van der Waals surface area (Å²) in [5.74, 6) is 0.853. The van der Waals surface area contributed by atoms with E-state index >= 15 is 0 Å². The number of carbonyl (C=O) groups excluding carboxylic acids is 1. The first-order chi connectivity index (χ1) is 15.1. The lowest BCUT2D eigenvalue weighted by Crippen LogP contribution is -2.16. The first-order valence-corrected chi connectivity index (χ1v) is 9.79. The van der Waals surface area contributed by atoms with Gasteiger partial charge in [0.2, 0.25) is 0 Å². The fourth-order valence-electron chi connectivity index (χ4n) is 3.48. The number of nitrogens with zero attached hydrogens (tertiary/aromatic N) is 6. The molecule has 0 unspecified atom stereocenters. The Labute approximate surface area is 178 Å². The van der Waals surface area contributed by atoms with E-state index in [0.29, 0.717) is 22.8 Å². The number of hydrogen-bond acceptors (Lipinski definition) is 5. The van der Waals surface area contributed by atoms with Gasteiger partial charge in [-0.15, -0.1) is 0 Å². The normalized spacial score (nSPS) is 11.0. The van der Waals surface area contributed by atoms with Gasteiger partial charge < -0.3 is 5.32 Å². The number of rotatable bonds is 4. The maximum atomic E-state index is 12.8. The number of fused-ring (bicyclic) bond motifs is 1. The molecular weight excluding hydrogens is 390 g/mol. The number of carbonyl (C=O) groups is 1. The predicted octanol–water partition coefficient (Wildman–Crippen LogP) is 3.87. The monoisotopic (exact) mass is 409 g/mol. The molecule has 1 amide bonds. The van der Waals surface area contributed by atoms with E-state index in [-0.39, 0.29) is 5.91 Å². The van der Waals surface area contributed by atoms with Gasteiger partial charge in [0.05, 0.1) is 23.0 Å². The van der Waals surface area contributed by atoms with Crippen molar-refractivity contribution in [2.45, 2.75) is 13.8 Å². The second-order valence-electron chi connectivity index (χ2n) is 7.23. The molecule has 152 valence electrons. The van der Waals surface area contributed by atoms with Gasteiger partial charge in [-0.25, -0.2) is 14.6 Å². The number of anilines is 1. The molecule has 1 N–H and O–H groups in total. The van der Waals surface area contributed by atoms with Crippen molar-refractivity contribution < 1.29 is 4.79 Å². The largest absolute Gasteiger partial charge is 0.306 e. The molecule has 0 aliphatic heterocycles. The van der Waals surface area contributed by atoms with Gasteiger partial charge in [0.25, 0.3) is 5.91 Å². The van der Waals surface area contributed by atoms with Crippen LogP contribution in [0.4, 0.5) is 5.82 Å². The van der Waals surface area contributed by atoms with E-state index in [4.69, 9.17) is 0 Å². The Balaban J connectivity index is 1.57. The van der Waals surface area contributed by atoms with E-state index in [2.05, 4.69) is 25.5 Å². The van der Waals surface area contributed by atoms with Gasteiger partial charge in [0.15, 0.2) is 11.5 Å². The van der Waals surface area contributed by atoms with Gasteiger partial charge in [-0.05, 0) is 38.1 Å². The van der Waals surface area contributed by atoms with Crippen LogP contribution in [0.3, 0.4) is 0 Å². The topological polar surface area (TPSA) is 90.5 Å². The zero-order valence-corrected chi connectivity index (χ0v) is 17.0. The number of amides is 1. The summed E-state index contributed by atoms with van der Waals surface area (Å²) < 4.78 is 3.37. The molecule has 0 atom stereocenters. The molecule has 8 heteroatoms. The number of hydrogen-bond donors (Lipinski definition) is 1. The maximum Gasteiger partial charge on any atom is 0.256 e. The Bertz CT molecular complexity index is 1400. The summed E-state index contributed by atoms with van der Waals surface area (Å²) in [7, 11) is 0. The number of aromatic nitrogens is 6. The van der Waals surface area contributed by atoms with Crippen molar-refractivity contribution in [3.63, 3.8) is 0 Å². The van der Waals surface area contributed by atoms with Crippen LogP contribution in [-0.4, -0.2) is 35.4 Å². The Kier molecular flexibility index (Phi) is 4.51. The zero-order chi connectivity index (χ0) is 21.4. The standard InChI is InChI=1S/C23H19N7O/c1-15-7-6-8-17(11-15)23(31)27-20-12-16(2)28-30(20)22-19-13-26-29(21(19)24-14-25-22)18-9-4-3-5-10-18/h3-14H,1-2H3,(H,27,31). The van der Waals surface area contributed by atoms with Crippen LogP contribution < -0.4 is 5.32 Å². The minimum Gasteiger partial charge on any atom is -0.306 e. The van der Waals surface area contributed by atoms with Crippen LogP contribution in [0.1, 0.15) is 21.6 Å². The van der Waals surface area contributed by atoms with E-state index in [9.17, 15) is 4.79 Å². The predicted molar refractivity (Wildman–Crippen MR) is 118 cm³/mol. The molecule has 0 spiro atoms. The first-order valence-electron chi connectivity index (χ1n) is 9.79. The zero-order valence-electron chi connectivity index (χ0n) is 17.0. The van der Waals surface area contributed by atoms with E-state index < -0.39 is 0 Å². The van der Waals surface area contributed by atoms with Crippen LogP contribution in [0, 0.1) is 13.8 Å². The first kappa shape index (κ1) is 18.7. The van der Waals surface area contributed by atoms with E-state index in [1.165, 1.54) is 6.33 Å². The third-order valence-corrected chi connectivity index (χ3v) is 4.90. The highest BCUT2D eigenvalue weighted by Crippen LogP contribution is 2.24. The summed E-state index contributed by atoms with van der Waals surface area (Å²) in [6.45, 7) is 3.82. The molecule has 3 aromatic heterocycles. The molecule has 0 aliphatic carbocycles. The Morgan fingerprint density at radius 1 is 0.935 bits per heavy atom. The number of nitrogens with one attached hydrogen (secondary N) is 1. The average Bonchev–Trinajstić information content (AvgIpc) is 3.37. The van der Waals surface area contributed by atoms with Gasteiger partial charge in [0.1, 0.15) is 12.1 Å². The molecule has 5 aromatic rings. The van der Waals surface area contributed by atoms with Crippen molar-refractivity contribution in [1.29, 1.82) is 0 Å². The molecule has 3 heterocycles. The van der Waals surface area contributed by atoms with Crippen molar-refractivity contribution >= 4 is 22.8 Å². The lowest BCUT2D eigenvalue weighted by molar-refractivity contribution is 0.102. The van der Waals surface area contributed by atoms with Crippen LogP contribution >= 0.6 is 0 Å². The van der Waals surface area contributed by atoms with Crippen LogP contribution in [0.2, 0.25) is 0 Å². The molecule has 0 bridgehead atoms. The van der Waals surface area contributed by atoms with Crippen LogP contribution in [0.25, 0.3) is 22.5 Å². The Morgan fingerprint density at radius 3 is 2.58 bits per heavy atom. The molecule has 0 fully saturated rings. The molecule has 2 aromatic carbocycles. The summed E-state index contributed by atoms with van der Waals surface area (Å²) in [6, 6.07) is 19.0. The molecule has 0 saturated carbocycles. The Hall–Kier alpha value is -4.33. The molecular formula is C23H19N7O. The highest BCUT2D eigenvalue weighted by Gasteiger charge is 2.18. The van der Waals surface area contributed by atoms with Crippen molar-refractivity contribution in [3.8, 4) is 11.5 Å². The van der Waals surface area contributed by atoms with Gasteiger partial charge in [-0.3, -0.25) is 4.79 Å². The molecule has 5 rings (SSSR count). The summed E-state index contributed by atoms with van der Waals surface area (Å²) >= 11 is 0. The fraction of sp³-hybridized carbons (Fsp3) is 0.0870. The minimum atomic E-state index is -0.213. The highest BCUT2D eigenvalue weighted by molar-refractivity contribution is 6.04. The third-order valence-electron chi connectivity index (χ3n) is 4.90. The third kappa shape index (κ3) is 3.44. The van der Waals surface area contributed by atoms with Crippen molar-refractivity contribution in [2.75, 3.05) is 5.32 Å². The smallest absolute Gasteiger partial charge is 0.256 e. The van der Waals surface area contributed by atoms with E-state index in [0.717, 1.165) is 22.3 Å².